The van der Waals surface area contributed by atoms with Crippen molar-refractivity contribution >= 4 is 33.2 Å². The monoisotopic (exact) mass is 349 g/mol. The number of hydrogen-bond donors (Lipinski definition) is 2. The number of hydrogen-bond acceptors (Lipinski definition) is 4. The lowest BCUT2D eigenvalue weighted by molar-refractivity contribution is -0.385. The summed E-state index contributed by atoms with van der Waals surface area (Å²) in [4.78, 5) is 22.3. The van der Waals surface area contributed by atoms with Crippen LogP contribution in [0.3, 0.4) is 0 Å². The number of nitrogens with two attached hydrogens (primary N) is 1. The minimum absolute atomic E-state index is 0.0691. The quantitative estimate of drug-likeness (QED) is 0.654. The Morgan fingerprint density at radius 3 is 2.48 bits per heavy atom. The second kappa shape index (κ2) is 6.47. The number of nitrogens with zero attached hydrogens (tertiary/aromatic N) is 1. The van der Waals surface area contributed by atoms with Crippen LogP contribution in [0.4, 0.5) is 11.4 Å². The molecule has 0 heterocycles. The molecule has 1 amide bonds. The fourth-order valence-electron chi connectivity index (χ4n) is 1.76. The zero-order valence-electron chi connectivity index (χ0n) is 10.8. The fraction of sp³-hybridized carbons (Fsp3) is 0.0714. The van der Waals surface area contributed by atoms with Crippen LogP contribution in [0, 0.1) is 10.1 Å². The molecule has 0 radical (unpaired) electrons. The molecule has 0 bridgehead atoms. The van der Waals surface area contributed by atoms with Gasteiger partial charge in [0.2, 0.25) is 5.91 Å². The topological polar surface area (TPSA) is 98.3 Å². The smallest absolute Gasteiger partial charge is 0.283 e. The average molecular weight is 350 g/mol. The zero-order chi connectivity index (χ0) is 15.4. The third-order valence-corrected chi connectivity index (χ3v) is 3.49. The van der Waals surface area contributed by atoms with Gasteiger partial charge in [-0.25, -0.2) is 0 Å². The summed E-state index contributed by atoms with van der Waals surface area (Å²) in [5, 5.41) is 13.3. The Kier molecular flexibility index (Phi) is 4.66. The Hall–Kier alpha value is -2.25. The van der Waals surface area contributed by atoms with Gasteiger partial charge in [-0.1, -0.05) is 30.3 Å². The number of nitrogens with one attached hydrogen (secondary N) is 1. The molecule has 1 unspecified atom stereocenters. The summed E-state index contributed by atoms with van der Waals surface area (Å²) in [6, 6.07) is 12.4. The van der Waals surface area contributed by atoms with E-state index in [0.29, 0.717) is 15.7 Å². The molecule has 3 N–H and O–H groups in total. The predicted octanol–water partition coefficient (Wildman–Crippen LogP) is 3.00. The third kappa shape index (κ3) is 3.65. The molecule has 21 heavy (non-hydrogen) atoms. The first-order valence-electron chi connectivity index (χ1n) is 6.04. The SMILES string of the molecule is NC(C(=O)Nc1ccc([N+](=O)[O-])c(Br)c1)c1ccccc1. The maximum Gasteiger partial charge on any atom is 0.283 e. The lowest BCUT2D eigenvalue weighted by atomic mass is 10.1. The van der Waals surface area contributed by atoms with Crippen molar-refractivity contribution < 1.29 is 9.72 Å². The summed E-state index contributed by atoms with van der Waals surface area (Å²) in [5.74, 6) is -0.387. The van der Waals surface area contributed by atoms with Crippen LogP contribution in [-0.2, 0) is 4.79 Å². The molecule has 0 saturated carbocycles. The van der Waals surface area contributed by atoms with Crippen LogP contribution in [0.1, 0.15) is 11.6 Å². The highest BCUT2D eigenvalue weighted by Crippen LogP contribution is 2.28. The van der Waals surface area contributed by atoms with Gasteiger partial charge in [0.25, 0.3) is 5.69 Å². The third-order valence-electron chi connectivity index (χ3n) is 2.85. The van der Waals surface area contributed by atoms with Crippen molar-refractivity contribution in [2.45, 2.75) is 6.04 Å². The standard InChI is InChI=1S/C14H12BrN3O3/c15-11-8-10(6-7-12(11)18(20)21)17-14(19)13(16)9-4-2-1-3-5-9/h1-8,13H,16H2,(H,17,19). The van der Waals surface area contributed by atoms with Crippen molar-refractivity contribution in [3.05, 3.63) is 68.7 Å². The minimum atomic E-state index is -0.805. The minimum Gasteiger partial charge on any atom is -0.324 e. The van der Waals surface area contributed by atoms with Gasteiger partial charge in [0.05, 0.1) is 9.40 Å². The Labute approximate surface area is 129 Å². The van der Waals surface area contributed by atoms with E-state index in [1.807, 2.05) is 6.07 Å². The van der Waals surface area contributed by atoms with E-state index in [1.165, 1.54) is 18.2 Å². The molecule has 7 heteroatoms. The lowest BCUT2D eigenvalue weighted by Crippen LogP contribution is -2.27. The van der Waals surface area contributed by atoms with E-state index < -0.39 is 11.0 Å². The average Bonchev–Trinajstić information content (AvgIpc) is 2.47. The molecule has 2 aromatic rings. The van der Waals surface area contributed by atoms with Crippen molar-refractivity contribution in [3.63, 3.8) is 0 Å². The lowest BCUT2D eigenvalue weighted by Gasteiger charge is -2.12. The Morgan fingerprint density at radius 1 is 1.24 bits per heavy atom. The first-order chi connectivity index (χ1) is 9.99. The summed E-state index contributed by atoms with van der Waals surface area (Å²) in [5.41, 5.74) is 6.93. The molecule has 2 rings (SSSR count). The molecule has 6 nitrogen and oxygen atoms in total. The second-order valence-electron chi connectivity index (χ2n) is 4.30. The number of anilines is 1. The molecule has 0 saturated heterocycles. The molecule has 0 spiro atoms. The Balaban J connectivity index is 2.13. The molecule has 1 atom stereocenters. The maximum absolute atomic E-state index is 12.1. The van der Waals surface area contributed by atoms with Crippen LogP contribution in [0.25, 0.3) is 0 Å². The fourth-order valence-corrected chi connectivity index (χ4v) is 2.29. The van der Waals surface area contributed by atoms with E-state index in [-0.39, 0.29) is 11.6 Å². The highest BCUT2D eigenvalue weighted by atomic mass is 79.9. The summed E-state index contributed by atoms with van der Waals surface area (Å²) >= 11 is 3.10. The summed E-state index contributed by atoms with van der Waals surface area (Å²) in [6.45, 7) is 0. The number of carbonyl (C=O) groups excluding carboxylic acids is 1. The van der Waals surface area contributed by atoms with Crippen molar-refractivity contribution in [1.29, 1.82) is 0 Å². The molecule has 0 aliphatic heterocycles. The summed E-state index contributed by atoms with van der Waals surface area (Å²) in [6.07, 6.45) is 0. The van der Waals surface area contributed by atoms with E-state index in [4.69, 9.17) is 5.73 Å². The molecule has 0 aliphatic rings. The van der Waals surface area contributed by atoms with Crippen LogP contribution in [-0.4, -0.2) is 10.8 Å². The van der Waals surface area contributed by atoms with Gasteiger partial charge >= 0.3 is 0 Å². The summed E-state index contributed by atoms with van der Waals surface area (Å²) in [7, 11) is 0. The van der Waals surface area contributed by atoms with Crippen molar-refractivity contribution in [3.8, 4) is 0 Å². The van der Waals surface area contributed by atoms with E-state index in [2.05, 4.69) is 21.2 Å². The number of benzene rings is 2. The molecule has 108 valence electrons. The van der Waals surface area contributed by atoms with Gasteiger partial charge in [0.15, 0.2) is 0 Å². The summed E-state index contributed by atoms with van der Waals surface area (Å²) < 4.78 is 0.290. The maximum atomic E-state index is 12.1. The van der Waals surface area contributed by atoms with Crippen molar-refractivity contribution in [2.75, 3.05) is 5.32 Å². The van der Waals surface area contributed by atoms with Gasteiger partial charge in [-0.15, -0.1) is 0 Å². The largest absolute Gasteiger partial charge is 0.324 e. The Morgan fingerprint density at radius 2 is 1.90 bits per heavy atom. The van der Waals surface area contributed by atoms with Crippen LogP contribution < -0.4 is 11.1 Å². The highest BCUT2D eigenvalue weighted by molar-refractivity contribution is 9.10. The molecular formula is C14H12BrN3O3. The van der Waals surface area contributed by atoms with Gasteiger partial charge < -0.3 is 11.1 Å². The van der Waals surface area contributed by atoms with Crippen molar-refractivity contribution in [1.82, 2.24) is 0 Å². The van der Waals surface area contributed by atoms with Gasteiger partial charge in [0, 0.05) is 11.8 Å². The first-order valence-corrected chi connectivity index (χ1v) is 6.83. The van der Waals surface area contributed by atoms with Gasteiger partial charge in [-0.05, 0) is 33.6 Å². The van der Waals surface area contributed by atoms with Gasteiger partial charge in [-0.3, -0.25) is 14.9 Å². The first kappa shape index (κ1) is 15.1. The molecular weight excluding hydrogens is 338 g/mol. The van der Waals surface area contributed by atoms with Gasteiger partial charge in [-0.2, -0.15) is 0 Å². The molecule has 2 aromatic carbocycles. The Bertz CT molecular complexity index is 676. The van der Waals surface area contributed by atoms with Crippen LogP contribution in [0.15, 0.2) is 53.0 Å². The van der Waals surface area contributed by atoms with Crippen LogP contribution in [0.2, 0.25) is 0 Å². The predicted molar refractivity (Wildman–Crippen MR) is 82.8 cm³/mol. The number of carbonyl (C=O) groups is 1. The number of nitro benzene ring substituents is 1. The van der Waals surface area contributed by atoms with Crippen LogP contribution >= 0.6 is 15.9 Å². The highest BCUT2D eigenvalue weighted by Gasteiger charge is 2.17. The second-order valence-corrected chi connectivity index (χ2v) is 5.16. The normalized spacial score (nSPS) is 11.7. The molecule has 0 fully saturated rings. The molecule has 0 aliphatic carbocycles. The van der Waals surface area contributed by atoms with E-state index >= 15 is 0 Å². The van der Waals surface area contributed by atoms with Crippen LogP contribution in [0.5, 0.6) is 0 Å². The van der Waals surface area contributed by atoms with E-state index in [1.54, 1.807) is 24.3 Å². The van der Waals surface area contributed by atoms with E-state index in [0.717, 1.165) is 0 Å². The number of nitro groups is 1. The number of rotatable bonds is 4. The molecule has 0 aromatic heterocycles. The number of amides is 1. The zero-order valence-corrected chi connectivity index (χ0v) is 12.4. The van der Waals surface area contributed by atoms with E-state index in [9.17, 15) is 14.9 Å². The van der Waals surface area contributed by atoms with Gasteiger partial charge in [0.1, 0.15) is 6.04 Å². The van der Waals surface area contributed by atoms with Crippen molar-refractivity contribution in [2.24, 2.45) is 5.73 Å². The number of halogens is 1.